The summed E-state index contributed by atoms with van der Waals surface area (Å²) >= 11 is 0. The lowest BCUT2D eigenvalue weighted by Gasteiger charge is -2.18. The third-order valence-corrected chi connectivity index (χ3v) is 4.68. The van der Waals surface area contributed by atoms with Gasteiger partial charge in [-0.25, -0.2) is 4.68 Å². The highest BCUT2D eigenvalue weighted by atomic mass is 16.5. The molecule has 0 spiro atoms. The first-order valence-electron chi connectivity index (χ1n) is 9.29. The fourth-order valence-corrected chi connectivity index (χ4v) is 3.12. The van der Waals surface area contributed by atoms with Gasteiger partial charge in [0.1, 0.15) is 17.2 Å². The molecule has 1 heterocycles. The molecule has 3 rings (SSSR count). The third kappa shape index (κ3) is 3.71. The second-order valence-corrected chi connectivity index (χ2v) is 6.22. The molecule has 0 atom stereocenters. The van der Waals surface area contributed by atoms with Crippen LogP contribution >= 0.6 is 0 Å². The Labute approximate surface area is 165 Å². The van der Waals surface area contributed by atoms with Crippen molar-refractivity contribution in [3.05, 3.63) is 60.3 Å². The average molecular weight is 379 g/mol. The van der Waals surface area contributed by atoms with E-state index in [1.165, 1.54) is 0 Å². The van der Waals surface area contributed by atoms with Crippen molar-refractivity contribution < 1.29 is 14.3 Å². The number of ether oxygens (including phenoxy) is 2. The topological polar surface area (TPSA) is 56.6 Å². The number of aromatic nitrogens is 2. The molecule has 0 fully saturated rings. The summed E-state index contributed by atoms with van der Waals surface area (Å²) in [5, 5.41) is 4.74. The Morgan fingerprint density at radius 2 is 1.75 bits per heavy atom. The molecule has 1 amide bonds. The number of benzene rings is 2. The molecule has 0 N–H and O–H groups in total. The molecule has 0 aliphatic rings. The van der Waals surface area contributed by atoms with Crippen molar-refractivity contribution >= 4 is 5.91 Å². The van der Waals surface area contributed by atoms with Crippen molar-refractivity contribution in [1.82, 2.24) is 14.7 Å². The molecule has 6 heteroatoms. The number of hydrogen-bond donors (Lipinski definition) is 0. The molecule has 0 unspecified atom stereocenters. The zero-order valence-corrected chi connectivity index (χ0v) is 16.7. The summed E-state index contributed by atoms with van der Waals surface area (Å²) in [7, 11) is 3.20. The van der Waals surface area contributed by atoms with E-state index in [4.69, 9.17) is 14.6 Å². The maximum atomic E-state index is 13.2. The number of methoxy groups -OCH3 is 2. The molecule has 0 saturated carbocycles. The Bertz CT molecular complexity index is 947. The van der Waals surface area contributed by atoms with Crippen LogP contribution < -0.4 is 9.47 Å². The molecule has 2 aromatic carbocycles. The van der Waals surface area contributed by atoms with Gasteiger partial charge in [0, 0.05) is 30.9 Å². The van der Waals surface area contributed by atoms with Crippen LogP contribution in [0.1, 0.15) is 24.2 Å². The molecule has 28 heavy (non-hydrogen) atoms. The lowest BCUT2D eigenvalue weighted by Crippen LogP contribution is -2.30. The summed E-state index contributed by atoms with van der Waals surface area (Å²) in [6.45, 7) is 5.20. The Kier molecular flexibility index (Phi) is 5.99. The number of rotatable bonds is 7. The first-order valence-corrected chi connectivity index (χ1v) is 9.29. The molecular formula is C22H25N3O3. The Morgan fingerprint density at radius 1 is 1.04 bits per heavy atom. The van der Waals surface area contributed by atoms with Crippen molar-refractivity contribution in [2.24, 2.45) is 0 Å². The van der Waals surface area contributed by atoms with Crippen molar-refractivity contribution in [3.8, 4) is 28.4 Å². The largest absolute Gasteiger partial charge is 0.497 e. The number of carbonyl (C=O) groups excluding carboxylic acids is 1. The zero-order valence-electron chi connectivity index (χ0n) is 16.7. The predicted octanol–water partition coefficient (Wildman–Crippen LogP) is 4.04. The van der Waals surface area contributed by atoms with E-state index in [2.05, 4.69) is 0 Å². The van der Waals surface area contributed by atoms with Crippen LogP contribution in [0.2, 0.25) is 0 Å². The second kappa shape index (κ2) is 8.61. The summed E-state index contributed by atoms with van der Waals surface area (Å²) in [6.07, 6.45) is 1.79. The highest BCUT2D eigenvalue weighted by molar-refractivity contribution is 6.00. The number of nitrogens with zero attached hydrogens (tertiary/aromatic N) is 3. The van der Waals surface area contributed by atoms with E-state index in [1.54, 1.807) is 36.1 Å². The lowest BCUT2D eigenvalue weighted by atomic mass is 10.1. The molecular weight excluding hydrogens is 354 g/mol. The van der Waals surface area contributed by atoms with Gasteiger partial charge in [-0.05, 0) is 38.1 Å². The minimum absolute atomic E-state index is 0.0555. The van der Waals surface area contributed by atoms with Crippen LogP contribution in [-0.2, 0) is 0 Å². The summed E-state index contributed by atoms with van der Waals surface area (Å²) in [4.78, 5) is 15.0. The van der Waals surface area contributed by atoms with Crippen LogP contribution in [-0.4, -0.2) is 47.9 Å². The fourth-order valence-electron chi connectivity index (χ4n) is 3.12. The SMILES string of the molecule is CCN(CC)C(=O)c1cn(-c2ccccc2)nc1-c1ccc(OC)cc1OC. The summed E-state index contributed by atoms with van der Waals surface area (Å²) in [5.41, 5.74) is 2.75. The van der Waals surface area contributed by atoms with Crippen LogP contribution in [0.3, 0.4) is 0 Å². The molecule has 6 nitrogen and oxygen atoms in total. The predicted molar refractivity (Wildman–Crippen MR) is 109 cm³/mol. The number of para-hydroxylation sites is 1. The van der Waals surface area contributed by atoms with Gasteiger partial charge in [0.15, 0.2) is 0 Å². The summed E-state index contributed by atoms with van der Waals surface area (Å²) in [5.74, 6) is 1.23. The highest BCUT2D eigenvalue weighted by Crippen LogP contribution is 2.35. The van der Waals surface area contributed by atoms with E-state index in [-0.39, 0.29) is 5.91 Å². The maximum absolute atomic E-state index is 13.2. The zero-order chi connectivity index (χ0) is 20.1. The molecule has 0 saturated heterocycles. The van der Waals surface area contributed by atoms with Crippen molar-refractivity contribution in [2.75, 3.05) is 27.3 Å². The van der Waals surface area contributed by atoms with Crippen LogP contribution in [0.25, 0.3) is 16.9 Å². The number of hydrogen-bond acceptors (Lipinski definition) is 4. The van der Waals surface area contributed by atoms with Crippen molar-refractivity contribution in [1.29, 1.82) is 0 Å². The monoisotopic (exact) mass is 379 g/mol. The lowest BCUT2D eigenvalue weighted by molar-refractivity contribution is 0.0773. The van der Waals surface area contributed by atoms with Gasteiger partial charge in [0.05, 0.1) is 25.5 Å². The maximum Gasteiger partial charge on any atom is 0.257 e. The van der Waals surface area contributed by atoms with Crippen LogP contribution in [0.15, 0.2) is 54.7 Å². The molecule has 0 radical (unpaired) electrons. The molecule has 0 bridgehead atoms. The van der Waals surface area contributed by atoms with Gasteiger partial charge in [0.25, 0.3) is 5.91 Å². The minimum Gasteiger partial charge on any atom is -0.497 e. The summed E-state index contributed by atoms with van der Waals surface area (Å²) in [6, 6.07) is 15.2. The smallest absolute Gasteiger partial charge is 0.257 e. The van der Waals surface area contributed by atoms with Gasteiger partial charge < -0.3 is 14.4 Å². The first kappa shape index (κ1) is 19.5. The molecule has 0 aliphatic heterocycles. The van der Waals surface area contributed by atoms with Crippen molar-refractivity contribution in [3.63, 3.8) is 0 Å². The van der Waals surface area contributed by atoms with E-state index < -0.39 is 0 Å². The standard InChI is InChI=1S/C22H25N3O3/c1-5-24(6-2)22(26)19-15-25(16-10-8-7-9-11-16)23-21(19)18-13-12-17(27-3)14-20(18)28-4/h7-15H,5-6H2,1-4H3. The average Bonchev–Trinajstić information content (AvgIpc) is 3.19. The third-order valence-electron chi connectivity index (χ3n) is 4.68. The Morgan fingerprint density at radius 3 is 2.36 bits per heavy atom. The van der Waals surface area contributed by atoms with E-state index >= 15 is 0 Å². The highest BCUT2D eigenvalue weighted by Gasteiger charge is 2.24. The van der Waals surface area contributed by atoms with E-state index in [0.717, 1.165) is 11.3 Å². The quantitative estimate of drug-likeness (QED) is 0.622. The normalized spacial score (nSPS) is 10.6. The Hall–Kier alpha value is -3.28. The van der Waals surface area contributed by atoms with Gasteiger partial charge >= 0.3 is 0 Å². The molecule has 146 valence electrons. The second-order valence-electron chi connectivity index (χ2n) is 6.22. The number of carbonyl (C=O) groups is 1. The van der Waals surface area contributed by atoms with Gasteiger partial charge in [-0.1, -0.05) is 18.2 Å². The van der Waals surface area contributed by atoms with E-state index in [1.807, 2.05) is 56.3 Å². The first-order chi connectivity index (χ1) is 13.6. The van der Waals surface area contributed by atoms with Crippen molar-refractivity contribution in [2.45, 2.75) is 13.8 Å². The van der Waals surface area contributed by atoms with Crippen LogP contribution in [0, 0.1) is 0 Å². The molecule has 0 aliphatic carbocycles. The minimum atomic E-state index is -0.0555. The van der Waals surface area contributed by atoms with Gasteiger partial charge in [-0.3, -0.25) is 4.79 Å². The number of amides is 1. The van der Waals surface area contributed by atoms with Crippen LogP contribution in [0.5, 0.6) is 11.5 Å². The fraction of sp³-hybridized carbons (Fsp3) is 0.273. The molecule has 3 aromatic rings. The van der Waals surface area contributed by atoms with Crippen LogP contribution in [0.4, 0.5) is 0 Å². The van der Waals surface area contributed by atoms with Gasteiger partial charge in [-0.2, -0.15) is 5.10 Å². The Balaban J connectivity index is 2.19. The molecule has 1 aromatic heterocycles. The van der Waals surface area contributed by atoms with Gasteiger partial charge in [0.2, 0.25) is 0 Å². The van der Waals surface area contributed by atoms with Gasteiger partial charge in [-0.15, -0.1) is 0 Å². The van der Waals surface area contributed by atoms with E-state index in [9.17, 15) is 4.79 Å². The summed E-state index contributed by atoms with van der Waals surface area (Å²) < 4.78 is 12.6. The van der Waals surface area contributed by atoms with E-state index in [0.29, 0.717) is 35.8 Å².